The van der Waals surface area contributed by atoms with Gasteiger partial charge in [-0.2, -0.15) is 0 Å². The maximum atomic E-state index is 5.60. The van der Waals surface area contributed by atoms with E-state index < -0.39 is 0 Å². The molecule has 2 N–H and O–H groups in total. The average Bonchev–Trinajstić information content (AvgIpc) is 2.58. The largest absolute Gasteiger partial charge is 0.399 e. The standard InChI is InChI=1S/C10H13N.C8H10.2C2H4/c1-3-9-6-4-5-7-10(9)8(2)11;1-7-4-3-5-8(2)6-7;2*1-2/h4-7H,2-3,11H2,1H3;3-6H,1-2H3;2*1-2H2. The molecule has 0 heterocycles. The first-order valence-electron chi connectivity index (χ1n) is 7.60. The molecule has 0 radical (unpaired) electrons. The number of rotatable bonds is 2. The SMILES string of the molecule is C=C.C=C.C=C(N)c1ccccc1CC.Cc1cccc(C)c1. The minimum absolute atomic E-state index is 0.655. The fourth-order valence-electron chi connectivity index (χ4n) is 1.95. The summed E-state index contributed by atoms with van der Waals surface area (Å²) in [6.45, 7) is 22.0. The van der Waals surface area contributed by atoms with Crippen molar-refractivity contribution in [2.24, 2.45) is 5.73 Å². The molecule has 1 nitrogen and oxygen atoms in total. The second kappa shape index (κ2) is 14.4. The molecular weight excluding hydrogens is 278 g/mol. The Morgan fingerprint density at radius 3 is 1.65 bits per heavy atom. The van der Waals surface area contributed by atoms with Crippen LogP contribution in [-0.2, 0) is 6.42 Å². The van der Waals surface area contributed by atoms with Crippen molar-refractivity contribution in [3.8, 4) is 0 Å². The zero-order chi connectivity index (χ0) is 18.3. The van der Waals surface area contributed by atoms with E-state index in [4.69, 9.17) is 5.73 Å². The summed E-state index contributed by atoms with van der Waals surface area (Å²) in [6, 6.07) is 16.5. The molecule has 2 aromatic rings. The first-order chi connectivity index (χ1) is 11.0. The molecule has 23 heavy (non-hydrogen) atoms. The summed E-state index contributed by atoms with van der Waals surface area (Å²) in [5.41, 5.74) is 11.3. The number of aryl methyl sites for hydroxylation is 3. The van der Waals surface area contributed by atoms with Crippen molar-refractivity contribution in [1.82, 2.24) is 0 Å². The van der Waals surface area contributed by atoms with Crippen LogP contribution in [0.2, 0.25) is 0 Å². The molecule has 0 bridgehead atoms. The van der Waals surface area contributed by atoms with Gasteiger partial charge < -0.3 is 5.73 Å². The van der Waals surface area contributed by atoms with Crippen LogP contribution < -0.4 is 5.73 Å². The average molecular weight is 309 g/mol. The molecule has 2 aromatic carbocycles. The van der Waals surface area contributed by atoms with Gasteiger partial charge in [0, 0.05) is 5.70 Å². The van der Waals surface area contributed by atoms with Gasteiger partial charge in [-0.25, -0.2) is 0 Å². The zero-order valence-corrected chi connectivity index (χ0v) is 14.9. The number of hydrogen-bond acceptors (Lipinski definition) is 1. The van der Waals surface area contributed by atoms with Gasteiger partial charge in [0.15, 0.2) is 0 Å². The summed E-state index contributed by atoms with van der Waals surface area (Å²) >= 11 is 0. The molecule has 0 aliphatic rings. The molecule has 0 aliphatic heterocycles. The van der Waals surface area contributed by atoms with E-state index in [2.05, 4.69) is 84.0 Å². The highest BCUT2D eigenvalue weighted by molar-refractivity contribution is 5.63. The van der Waals surface area contributed by atoms with E-state index in [0.29, 0.717) is 5.70 Å². The van der Waals surface area contributed by atoms with Gasteiger partial charge in [-0.3, -0.25) is 0 Å². The van der Waals surface area contributed by atoms with Gasteiger partial charge in [-0.15, -0.1) is 26.3 Å². The molecule has 0 atom stereocenters. The molecular formula is C22H31N. The van der Waals surface area contributed by atoms with E-state index in [1.165, 1.54) is 16.7 Å². The van der Waals surface area contributed by atoms with Crippen LogP contribution in [0.3, 0.4) is 0 Å². The molecule has 1 heteroatoms. The Labute approximate surface area is 142 Å². The molecule has 0 amide bonds. The van der Waals surface area contributed by atoms with E-state index in [0.717, 1.165) is 12.0 Å². The van der Waals surface area contributed by atoms with Crippen LogP contribution in [-0.4, -0.2) is 0 Å². The third-order valence-corrected chi connectivity index (χ3v) is 2.92. The van der Waals surface area contributed by atoms with E-state index in [-0.39, 0.29) is 0 Å². The van der Waals surface area contributed by atoms with Gasteiger partial charge in [-0.05, 0) is 31.4 Å². The third kappa shape index (κ3) is 9.92. The number of nitrogens with two attached hydrogens (primary N) is 1. The summed E-state index contributed by atoms with van der Waals surface area (Å²) in [7, 11) is 0. The summed E-state index contributed by atoms with van der Waals surface area (Å²) < 4.78 is 0. The lowest BCUT2D eigenvalue weighted by Gasteiger charge is -2.05. The van der Waals surface area contributed by atoms with Crippen LogP contribution in [0.15, 0.2) is 81.4 Å². The van der Waals surface area contributed by atoms with Gasteiger partial charge in [0.05, 0.1) is 0 Å². The Morgan fingerprint density at radius 1 is 0.870 bits per heavy atom. The maximum absolute atomic E-state index is 5.60. The second-order valence-corrected chi connectivity index (χ2v) is 4.69. The number of hydrogen-bond donors (Lipinski definition) is 1. The van der Waals surface area contributed by atoms with Crippen LogP contribution in [0.25, 0.3) is 5.70 Å². The van der Waals surface area contributed by atoms with E-state index >= 15 is 0 Å². The normalized spacial score (nSPS) is 8.13. The Hall–Kier alpha value is -2.54. The Bertz CT molecular complexity index is 550. The quantitative estimate of drug-likeness (QED) is 0.668. The van der Waals surface area contributed by atoms with E-state index in [1.54, 1.807) is 0 Å². The van der Waals surface area contributed by atoms with Crippen LogP contribution in [0.1, 0.15) is 29.2 Å². The molecule has 124 valence electrons. The van der Waals surface area contributed by atoms with Crippen molar-refractivity contribution >= 4 is 5.70 Å². The summed E-state index contributed by atoms with van der Waals surface area (Å²) in [6.07, 6.45) is 1.01. The van der Waals surface area contributed by atoms with Crippen molar-refractivity contribution in [3.63, 3.8) is 0 Å². The van der Waals surface area contributed by atoms with E-state index in [1.807, 2.05) is 18.2 Å². The second-order valence-electron chi connectivity index (χ2n) is 4.69. The first kappa shape index (κ1) is 22.7. The van der Waals surface area contributed by atoms with Crippen LogP contribution >= 0.6 is 0 Å². The lowest BCUT2D eigenvalue weighted by Crippen LogP contribution is -1.97. The van der Waals surface area contributed by atoms with Crippen LogP contribution in [0, 0.1) is 13.8 Å². The van der Waals surface area contributed by atoms with Crippen molar-refractivity contribution < 1.29 is 0 Å². The van der Waals surface area contributed by atoms with Crippen LogP contribution in [0.4, 0.5) is 0 Å². The van der Waals surface area contributed by atoms with Gasteiger partial charge >= 0.3 is 0 Å². The Kier molecular flexibility index (Phi) is 14.2. The molecule has 0 saturated heterocycles. The Balaban J connectivity index is 0. The highest BCUT2D eigenvalue weighted by atomic mass is 14.6. The summed E-state index contributed by atoms with van der Waals surface area (Å²) in [5, 5.41) is 0. The minimum atomic E-state index is 0.655. The van der Waals surface area contributed by atoms with E-state index in [9.17, 15) is 0 Å². The highest BCUT2D eigenvalue weighted by Crippen LogP contribution is 2.13. The molecule has 0 spiro atoms. The summed E-state index contributed by atoms with van der Waals surface area (Å²) in [5.74, 6) is 0. The molecule has 2 rings (SSSR count). The number of benzene rings is 2. The van der Waals surface area contributed by atoms with Crippen LogP contribution in [0.5, 0.6) is 0 Å². The molecule has 0 fully saturated rings. The minimum Gasteiger partial charge on any atom is -0.399 e. The Morgan fingerprint density at radius 2 is 1.35 bits per heavy atom. The van der Waals surface area contributed by atoms with Crippen molar-refractivity contribution in [3.05, 3.63) is 104 Å². The predicted octanol–water partition coefficient (Wildman–Crippen LogP) is 6.09. The highest BCUT2D eigenvalue weighted by Gasteiger charge is 1.98. The first-order valence-corrected chi connectivity index (χ1v) is 7.60. The smallest absolute Gasteiger partial charge is 0.0317 e. The third-order valence-electron chi connectivity index (χ3n) is 2.92. The fourth-order valence-corrected chi connectivity index (χ4v) is 1.95. The van der Waals surface area contributed by atoms with Gasteiger partial charge in [-0.1, -0.05) is 73.2 Å². The monoisotopic (exact) mass is 309 g/mol. The van der Waals surface area contributed by atoms with Crippen molar-refractivity contribution in [2.75, 3.05) is 0 Å². The predicted molar refractivity (Wildman–Crippen MR) is 107 cm³/mol. The fraction of sp³-hybridized carbons (Fsp3) is 0.182. The molecule has 0 aromatic heterocycles. The van der Waals surface area contributed by atoms with Gasteiger partial charge in [0.2, 0.25) is 0 Å². The summed E-state index contributed by atoms with van der Waals surface area (Å²) in [4.78, 5) is 0. The van der Waals surface area contributed by atoms with Gasteiger partial charge in [0.1, 0.15) is 0 Å². The lowest BCUT2D eigenvalue weighted by molar-refractivity contribution is 1.13. The maximum Gasteiger partial charge on any atom is 0.0317 e. The van der Waals surface area contributed by atoms with Crippen molar-refractivity contribution in [1.29, 1.82) is 0 Å². The topological polar surface area (TPSA) is 26.0 Å². The lowest BCUT2D eigenvalue weighted by atomic mass is 10.0. The molecule has 0 unspecified atom stereocenters. The zero-order valence-electron chi connectivity index (χ0n) is 14.9. The van der Waals surface area contributed by atoms with Crippen molar-refractivity contribution in [2.45, 2.75) is 27.2 Å². The molecule has 0 aliphatic carbocycles. The molecule has 0 saturated carbocycles. The van der Waals surface area contributed by atoms with Gasteiger partial charge in [0.25, 0.3) is 0 Å².